The molecular weight excluding hydrogens is 110 g/mol. The fourth-order valence-corrected chi connectivity index (χ4v) is 1.93. The molecule has 0 heterocycles. The Morgan fingerprint density at radius 1 is 1.67 bits per heavy atom. The Bertz CT molecular complexity index is 96.7. The van der Waals surface area contributed by atoms with Crippen LogP contribution in [0.5, 0.6) is 0 Å². The van der Waals surface area contributed by atoms with Crippen LogP contribution in [0, 0.1) is 5.92 Å². The average molecular weight is 127 g/mol. The molecule has 1 aliphatic rings. The summed E-state index contributed by atoms with van der Waals surface area (Å²) in [5.41, 5.74) is 6.19. The van der Waals surface area contributed by atoms with Gasteiger partial charge in [0.1, 0.15) is 0 Å². The zero-order valence-electron chi connectivity index (χ0n) is 6.48. The normalized spacial score (nSPS) is 43.7. The first-order chi connectivity index (χ1) is 4.17. The molecular formula is C8H17N. The number of rotatable bonds is 1. The standard InChI is InChI=1S/C8H17N/c1-3-7-5-4-6-8(7,2)9/h7H,3-6,9H2,1-2H3/t7-,8-/m1/s1. The lowest BCUT2D eigenvalue weighted by atomic mass is 9.88. The monoisotopic (exact) mass is 127 g/mol. The first-order valence-electron chi connectivity index (χ1n) is 3.95. The van der Waals surface area contributed by atoms with E-state index < -0.39 is 0 Å². The molecule has 0 aromatic rings. The van der Waals surface area contributed by atoms with Crippen LogP contribution in [-0.2, 0) is 0 Å². The SMILES string of the molecule is CC[C@@H]1CCC[C@@]1(C)N. The van der Waals surface area contributed by atoms with Crippen molar-refractivity contribution in [1.82, 2.24) is 0 Å². The van der Waals surface area contributed by atoms with Gasteiger partial charge in [-0.15, -0.1) is 0 Å². The van der Waals surface area contributed by atoms with E-state index in [4.69, 9.17) is 5.73 Å². The minimum absolute atomic E-state index is 0.161. The van der Waals surface area contributed by atoms with E-state index in [-0.39, 0.29) is 5.54 Å². The van der Waals surface area contributed by atoms with E-state index in [2.05, 4.69) is 13.8 Å². The third kappa shape index (κ3) is 1.26. The van der Waals surface area contributed by atoms with Crippen LogP contribution in [0.15, 0.2) is 0 Å². The Morgan fingerprint density at radius 3 is 2.56 bits per heavy atom. The molecule has 2 N–H and O–H groups in total. The van der Waals surface area contributed by atoms with Crippen molar-refractivity contribution in [3.8, 4) is 0 Å². The van der Waals surface area contributed by atoms with Crippen LogP contribution < -0.4 is 5.73 Å². The summed E-state index contributed by atoms with van der Waals surface area (Å²) in [6.45, 7) is 4.43. The van der Waals surface area contributed by atoms with E-state index in [9.17, 15) is 0 Å². The van der Waals surface area contributed by atoms with Crippen LogP contribution in [0.2, 0.25) is 0 Å². The Balaban J connectivity index is 2.52. The second-order valence-corrected chi connectivity index (χ2v) is 3.50. The molecule has 9 heavy (non-hydrogen) atoms. The van der Waals surface area contributed by atoms with Gasteiger partial charge < -0.3 is 5.73 Å². The summed E-state index contributed by atoms with van der Waals surface area (Å²) in [5.74, 6) is 0.789. The van der Waals surface area contributed by atoms with Crippen molar-refractivity contribution in [3.63, 3.8) is 0 Å². The molecule has 1 rings (SSSR count). The van der Waals surface area contributed by atoms with Gasteiger partial charge in [0.15, 0.2) is 0 Å². The van der Waals surface area contributed by atoms with Crippen molar-refractivity contribution >= 4 is 0 Å². The summed E-state index contributed by atoms with van der Waals surface area (Å²) < 4.78 is 0. The van der Waals surface area contributed by atoms with Crippen molar-refractivity contribution in [2.24, 2.45) is 11.7 Å². The molecule has 54 valence electrons. The molecule has 0 radical (unpaired) electrons. The molecule has 0 amide bonds. The molecule has 1 nitrogen and oxygen atoms in total. The lowest BCUT2D eigenvalue weighted by Crippen LogP contribution is -2.39. The van der Waals surface area contributed by atoms with Crippen molar-refractivity contribution < 1.29 is 0 Å². The molecule has 0 aromatic carbocycles. The van der Waals surface area contributed by atoms with Crippen LogP contribution >= 0.6 is 0 Å². The predicted octanol–water partition coefficient (Wildman–Crippen LogP) is 1.91. The van der Waals surface area contributed by atoms with E-state index in [1.54, 1.807) is 0 Å². The first kappa shape index (κ1) is 7.07. The zero-order chi connectivity index (χ0) is 6.91. The van der Waals surface area contributed by atoms with Gasteiger partial charge in [0.2, 0.25) is 0 Å². The average Bonchev–Trinajstić information content (AvgIpc) is 2.08. The molecule has 1 saturated carbocycles. The van der Waals surface area contributed by atoms with Crippen LogP contribution in [-0.4, -0.2) is 5.54 Å². The summed E-state index contributed by atoms with van der Waals surface area (Å²) in [6, 6.07) is 0. The third-order valence-corrected chi connectivity index (χ3v) is 2.69. The highest BCUT2D eigenvalue weighted by Crippen LogP contribution is 2.34. The molecule has 1 aliphatic carbocycles. The Kier molecular flexibility index (Phi) is 1.80. The highest BCUT2D eigenvalue weighted by molar-refractivity contribution is 4.91. The lowest BCUT2D eigenvalue weighted by Gasteiger charge is -2.25. The predicted molar refractivity (Wildman–Crippen MR) is 40.2 cm³/mol. The molecule has 0 spiro atoms. The Hall–Kier alpha value is -0.0400. The largest absolute Gasteiger partial charge is 0.325 e. The molecule has 0 bridgehead atoms. The summed E-state index contributed by atoms with van der Waals surface area (Å²) in [5, 5.41) is 0. The number of hydrogen-bond acceptors (Lipinski definition) is 1. The smallest absolute Gasteiger partial charge is 0.0154 e. The van der Waals surface area contributed by atoms with Crippen LogP contribution in [0.3, 0.4) is 0 Å². The Labute approximate surface area is 57.6 Å². The van der Waals surface area contributed by atoms with Gasteiger partial charge in [-0.25, -0.2) is 0 Å². The summed E-state index contributed by atoms with van der Waals surface area (Å²) >= 11 is 0. The summed E-state index contributed by atoms with van der Waals surface area (Å²) in [4.78, 5) is 0. The minimum atomic E-state index is 0.161. The fraction of sp³-hybridized carbons (Fsp3) is 1.00. The molecule has 0 aromatic heterocycles. The maximum atomic E-state index is 6.03. The van der Waals surface area contributed by atoms with Crippen LogP contribution in [0.25, 0.3) is 0 Å². The van der Waals surface area contributed by atoms with E-state index in [1.807, 2.05) is 0 Å². The highest BCUT2D eigenvalue weighted by atomic mass is 14.8. The molecule has 1 heteroatoms. The molecule has 1 fully saturated rings. The fourth-order valence-electron chi connectivity index (χ4n) is 1.93. The maximum absolute atomic E-state index is 6.03. The number of nitrogens with two attached hydrogens (primary N) is 1. The van der Waals surface area contributed by atoms with Gasteiger partial charge in [-0.3, -0.25) is 0 Å². The molecule has 0 unspecified atom stereocenters. The van der Waals surface area contributed by atoms with Crippen molar-refractivity contribution in [2.75, 3.05) is 0 Å². The van der Waals surface area contributed by atoms with Crippen LogP contribution in [0.1, 0.15) is 39.5 Å². The van der Waals surface area contributed by atoms with Gasteiger partial charge in [-0.2, -0.15) is 0 Å². The van der Waals surface area contributed by atoms with Gasteiger partial charge in [-0.05, 0) is 25.7 Å². The summed E-state index contributed by atoms with van der Waals surface area (Å²) in [6.07, 6.45) is 5.17. The van der Waals surface area contributed by atoms with Crippen molar-refractivity contribution in [1.29, 1.82) is 0 Å². The Morgan fingerprint density at radius 2 is 2.33 bits per heavy atom. The summed E-state index contributed by atoms with van der Waals surface area (Å²) in [7, 11) is 0. The van der Waals surface area contributed by atoms with E-state index >= 15 is 0 Å². The maximum Gasteiger partial charge on any atom is 0.0154 e. The molecule has 0 saturated heterocycles. The second-order valence-electron chi connectivity index (χ2n) is 3.50. The van der Waals surface area contributed by atoms with Crippen molar-refractivity contribution in [2.45, 2.75) is 45.1 Å². The third-order valence-electron chi connectivity index (χ3n) is 2.69. The highest BCUT2D eigenvalue weighted by Gasteiger charge is 2.33. The topological polar surface area (TPSA) is 26.0 Å². The minimum Gasteiger partial charge on any atom is -0.325 e. The van der Waals surface area contributed by atoms with E-state index in [0.29, 0.717) is 0 Å². The van der Waals surface area contributed by atoms with Gasteiger partial charge in [0, 0.05) is 5.54 Å². The van der Waals surface area contributed by atoms with Gasteiger partial charge in [0.25, 0.3) is 0 Å². The first-order valence-corrected chi connectivity index (χ1v) is 3.95. The van der Waals surface area contributed by atoms with Gasteiger partial charge >= 0.3 is 0 Å². The van der Waals surface area contributed by atoms with Crippen molar-refractivity contribution in [3.05, 3.63) is 0 Å². The lowest BCUT2D eigenvalue weighted by molar-refractivity contribution is 0.337. The van der Waals surface area contributed by atoms with Crippen LogP contribution in [0.4, 0.5) is 0 Å². The van der Waals surface area contributed by atoms with Gasteiger partial charge in [-0.1, -0.05) is 19.8 Å². The van der Waals surface area contributed by atoms with Gasteiger partial charge in [0.05, 0.1) is 0 Å². The molecule has 0 aliphatic heterocycles. The zero-order valence-corrected chi connectivity index (χ0v) is 6.48. The molecule has 2 atom stereocenters. The number of hydrogen-bond donors (Lipinski definition) is 1. The quantitative estimate of drug-likeness (QED) is 0.572. The van der Waals surface area contributed by atoms with E-state index in [1.165, 1.54) is 25.7 Å². The second kappa shape index (κ2) is 2.30. The van der Waals surface area contributed by atoms with E-state index in [0.717, 1.165) is 5.92 Å².